The van der Waals surface area contributed by atoms with Crippen molar-refractivity contribution in [2.24, 2.45) is 0 Å². The highest BCUT2D eigenvalue weighted by atomic mass is 19.3. The van der Waals surface area contributed by atoms with Gasteiger partial charge in [-0.15, -0.1) is 8.78 Å². The molecule has 0 atom stereocenters. The summed E-state index contributed by atoms with van der Waals surface area (Å²) in [4.78, 5) is 12.0. The van der Waals surface area contributed by atoms with E-state index in [2.05, 4.69) is 14.8 Å². The number of nitrogens with one attached hydrogen (secondary N) is 1. The predicted molar refractivity (Wildman–Crippen MR) is 77.9 cm³/mol. The molecular formula is C16H12F3NO4. The normalized spacial score (nSPS) is 14.3. The van der Waals surface area contributed by atoms with Crippen LogP contribution in [0.2, 0.25) is 0 Å². The molecule has 0 aromatic heterocycles. The molecule has 0 aliphatic carbocycles. The quantitative estimate of drug-likeness (QED) is 0.928. The molecule has 0 saturated heterocycles. The van der Waals surface area contributed by atoms with Crippen LogP contribution in [0, 0.1) is 5.82 Å². The van der Waals surface area contributed by atoms with E-state index in [4.69, 9.17) is 4.74 Å². The second-order valence-electron chi connectivity index (χ2n) is 5.02. The summed E-state index contributed by atoms with van der Waals surface area (Å²) in [5.74, 6) is -1.22. The van der Waals surface area contributed by atoms with Gasteiger partial charge in [-0.2, -0.15) is 0 Å². The van der Waals surface area contributed by atoms with Crippen LogP contribution in [-0.2, 0) is 11.2 Å². The molecule has 0 fully saturated rings. The Morgan fingerprint density at radius 1 is 1.17 bits per heavy atom. The van der Waals surface area contributed by atoms with Crippen LogP contribution in [0.25, 0.3) is 0 Å². The molecule has 0 saturated carbocycles. The van der Waals surface area contributed by atoms with E-state index in [1.807, 2.05) is 0 Å². The van der Waals surface area contributed by atoms with Crippen LogP contribution in [0.4, 0.5) is 18.9 Å². The minimum Gasteiger partial charge on any atom is -0.494 e. The molecule has 5 nitrogen and oxygen atoms in total. The SMILES string of the molecule is COc1ccc(CC(=O)Nc2ccc3c(c2)OC(F)(F)O3)cc1F. The van der Waals surface area contributed by atoms with Crippen molar-refractivity contribution in [3.8, 4) is 17.2 Å². The first kappa shape index (κ1) is 16.0. The van der Waals surface area contributed by atoms with Gasteiger partial charge in [0.05, 0.1) is 13.5 Å². The lowest BCUT2D eigenvalue weighted by molar-refractivity contribution is -0.286. The third-order valence-corrected chi connectivity index (χ3v) is 3.27. The Balaban J connectivity index is 1.67. The number of rotatable bonds is 4. The van der Waals surface area contributed by atoms with Crippen LogP contribution >= 0.6 is 0 Å². The molecular weight excluding hydrogens is 327 g/mol. The molecule has 1 aliphatic rings. The molecule has 0 radical (unpaired) electrons. The monoisotopic (exact) mass is 339 g/mol. The van der Waals surface area contributed by atoms with Crippen molar-refractivity contribution in [2.75, 3.05) is 12.4 Å². The molecule has 2 aromatic carbocycles. The lowest BCUT2D eigenvalue weighted by atomic mass is 10.1. The van der Waals surface area contributed by atoms with Crippen molar-refractivity contribution in [3.63, 3.8) is 0 Å². The van der Waals surface area contributed by atoms with E-state index < -0.39 is 18.0 Å². The van der Waals surface area contributed by atoms with Gasteiger partial charge in [-0.1, -0.05) is 6.07 Å². The number of halogens is 3. The summed E-state index contributed by atoms with van der Waals surface area (Å²) in [6, 6.07) is 8.05. The Labute approximate surface area is 134 Å². The second kappa shape index (κ2) is 5.95. The number of benzene rings is 2. The van der Waals surface area contributed by atoms with Gasteiger partial charge in [0.25, 0.3) is 0 Å². The van der Waals surface area contributed by atoms with E-state index in [0.717, 1.165) is 0 Å². The molecule has 1 N–H and O–H groups in total. The minimum absolute atomic E-state index is 0.0795. The first-order chi connectivity index (χ1) is 11.4. The summed E-state index contributed by atoms with van der Waals surface area (Å²) < 4.78 is 52.8. The molecule has 24 heavy (non-hydrogen) atoms. The number of ether oxygens (including phenoxy) is 3. The minimum atomic E-state index is -3.72. The summed E-state index contributed by atoms with van der Waals surface area (Å²) in [5.41, 5.74) is 0.701. The Bertz CT molecular complexity index is 795. The summed E-state index contributed by atoms with van der Waals surface area (Å²) in [7, 11) is 1.34. The average Bonchev–Trinajstić information content (AvgIpc) is 2.80. The van der Waals surface area contributed by atoms with E-state index in [1.165, 1.54) is 37.4 Å². The fourth-order valence-corrected chi connectivity index (χ4v) is 2.24. The molecule has 1 heterocycles. The third-order valence-electron chi connectivity index (χ3n) is 3.27. The smallest absolute Gasteiger partial charge is 0.494 e. The Morgan fingerprint density at radius 3 is 2.62 bits per heavy atom. The highest BCUT2D eigenvalue weighted by Crippen LogP contribution is 2.42. The highest BCUT2D eigenvalue weighted by Gasteiger charge is 2.43. The van der Waals surface area contributed by atoms with Crippen molar-refractivity contribution >= 4 is 11.6 Å². The van der Waals surface area contributed by atoms with Gasteiger partial charge in [-0.05, 0) is 29.8 Å². The molecule has 2 aromatic rings. The van der Waals surface area contributed by atoms with Gasteiger partial charge in [0.1, 0.15) is 0 Å². The van der Waals surface area contributed by atoms with E-state index in [-0.39, 0.29) is 29.4 Å². The standard InChI is InChI=1S/C16H12F3NO4/c1-22-12-4-2-9(6-11(12)17)7-15(21)20-10-3-5-13-14(8-10)24-16(18,19)23-13/h2-6,8H,7H2,1H3,(H,20,21). The van der Waals surface area contributed by atoms with Crippen LogP contribution in [0.3, 0.4) is 0 Å². The largest absolute Gasteiger partial charge is 0.586 e. The van der Waals surface area contributed by atoms with Gasteiger partial charge in [0.15, 0.2) is 23.1 Å². The van der Waals surface area contributed by atoms with Crippen LogP contribution < -0.4 is 19.5 Å². The first-order valence-corrected chi connectivity index (χ1v) is 6.88. The van der Waals surface area contributed by atoms with E-state index in [1.54, 1.807) is 6.07 Å². The summed E-state index contributed by atoms with van der Waals surface area (Å²) in [5, 5.41) is 2.52. The topological polar surface area (TPSA) is 56.8 Å². The van der Waals surface area contributed by atoms with Crippen LogP contribution in [0.5, 0.6) is 17.2 Å². The zero-order chi connectivity index (χ0) is 17.3. The summed E-state index contributed by atoms with van der Waals surface area (Å²) >= 11 is 0. The zero-order valence-corrected chi connectivity index (χ0v) is 12.4. The number of carbonyl (C=O) groups excluding carboxylic acids is 1. The van der Waals surface area contributed by atoms with Gasteiger partial charge in [-0.25, -0.2) is 4.39 Å². The molecule has 1 aliphatic heterocycles. The lowest BCUT2D eigenvalue weighted by Crippen LogP contribution is -2.25. The third kappa shape index (κ3) is 3.37. The maximum Gasteiger partial charge on any atom is 0.586 e. The van der Waals surface area contributed by atoms with E-state index in [0.29, 0.717) is 5.56 Å². The number of anilines is 1. The molecule has 1 amide bonds. The van der Waals surface area contributed by atoms with E-state index >= 15 is 0 Å². The molecule has 0 unspecified atom stereocenters. The number of hydrogen-bond acceptors (Lipinski definition) is 4. The molecule has 0 spiro atoms. The molecule has 126 valence electrons. The highest BCUT2D eigenvalue weighted by molar-refractivity contribution is 5.92. The van der Waals surface area contributed by atoms with Crippen molar-refractivity contribution in [2.45, 2.75) is 12.7 Å². The van der Waals surface area contributed by atoms with Gasteiger partial charge < -0.3 is 19.5 Å². The number of amides is 1. The maximum absolute atomic E-state index is 13.6. The first-order valence-electron chi connectivity index (χ1n) is 6.88. The summed E-state index contributed by atoms with van der Waals surface area (Å²) in [6.45, 7) is 0. The molecule has 3 rings (SSSR count). The number of methoxy groups -OCH3 is 1. The maximum atomic E-state index is 13.6. The van der Waals surface area contributed by atoms with Crippen molar-refractivity contribution in [3.05, 3.63) is 47.8 Å². The summed E-state index contributed by atoms with van der Waals surface area (Å²) in [6.07, 6.45) is -3.81. The van der Waals surface area contributed by atoms with Crippen molar-refractivity contribution < 1.29 is 32.2 Å². The Kier molecular flexibility index (Phi) is 3.96. The van der Waals surface area contributed by atoms with Crippen LogP contribution in [0.15, 0.2) is 36.4 Å². The van der Waals surface area contributed by atoms with E-state index in [9.17, 15) is 18.0 Å². The van der Waals surface area contributed by atoms with Crippen molar-refractivity contribution in [1.82, 2.24) is 0 Å². The van der Waals surface area contributed by atoms with Gasteiger partial charge in [-0.3, -0.25) is 4.79 Å². The number of hydrogen-bond donors (Lipinski definition) is 1. The average molecular weight is 339 g/mol. The van der Waals surface area contributed by atoms with Gasteiger partial charge >= 0.3 is 6.29 Å². The fraction of sp³-hybridized carbons (Fsp3) is 0.188. The fourth-order valence-electron chi connectivity index (χ4n) is 2.24. The van der Waals surface area contributed by atoms with Crippen LogP contribution in [0.1, 0.15) is 5.56 Å². The predicted octanol–water partition coefficient (Wildman–Crippen LogP) is 3.34. The number of fused-ring (bicyclic) bond motifs is 1. The molecule has 0 bridgehead atoms. The zero-order valence-electron chi connectivity index (χ0n) is 12.4. The van der Waals surface area contributed by atoms with Crippen LogP contribution in [-0.4, -0.2) is 19.3 Å². The number of alkyl halides is 2. The number of carbonyl (C=O) groups is 1. The second-order valence-corrected chi connectivity index (χ2v) is 5.02. The Hall–Kier alpha value is -2.90. The van der Waals surface area contributed by atoms with Gasteiger partial charge in [0.2, 0.25) is 5.91 Å². The lowest BCUT2D eigenvalue weighted by Gasteiger charge is -2.07. The van der Waals surface area contributed by atoms with Gasteiger partial charge in [0, 0.05) is 11.8 Å². The van der Waals surface area contributed by atoms with Crippen molar-refractivity contribution in [1.29, 1.82) is 0 Å². The molecule has 8 heteroatoms. The Morgan fingerprint density at radius 2 is 1.92 bits per heavy atom.